The van der Waals surface area contributed by atoms with Gasteiger partial charge in [-0.3, -0.25) is 4.79 Å². The summed E-state index contributed by atoms with van der Waals surface area (Å²) in [4.78, 5) is 12.6. The average Bonchev–Trinajstić information content (AvgIpc) is 2.21. The van der Waals surface area contributed by atoms with Gasteiger partial charge in [0.1, 0.15) is 0 Å². The minimum Gasteiger partial charge on any atom is -0.351 e. The average molecular weight is 296 g/mol. The molecule has 112 valence electrons. The van der Waals surface area contributed by atoms with Crippen LogP contribution in [0.5, 0.6) is 0 Å². The Hall–Kier alpha value is -1.02. The maximum atomic E-state index is 12.6. The predicted molar refractivity (Wildman–Crippen MR) is 86.0 cm³/mol. The molecule has 0 heterocycles. The van der Waals surface area contributed by atoms with Gasteiger partial charge in [0.15, 0.2) is 0 Å². The second kappa shape index (κ2) is 6.17. The summed E-state index contributed by atoms with van der Waals surface area (Å²) in [6, 6.07) is 7.74. The standard InChI is InChI=1S/C17H26ClNO/c1-16(2,3)14(15(20)19-17(4,5)6)11-12-8-7-9-13(18)10-12/h7-10,14H,11H2,1-6H3,(H,19,20)/t14-/m1/s1. The summed E-state index contributed by atoms with van der Waals surface area (Å²) < 4.78 is 0. The number of hydrogen-bond acceptors (Lipinski definition) is 1. The SMILES string of the molecule is CC(C)(C)NC(=O)[C@@H](Cc1cccc(Cl)c1)C(C)(C)C. The quantitative estimate of drug-likeness (QED) is 0.876. The number of benzene rings is 1. The van der Waals surface area contributed by atoms with Crippen LogP contribution in [0.4, 0.5) is 0 Å². The van der Waals surface area contributed by atoms with Gasteiger partial charge >= 0.3 is 0 Å². The Morgan fingerprint density at radius 1 is 1.20 bits per heavy atom. The molecule has 1 N–H and O–H groups in total. The Kier molecular flexibility index (Phi) is 5.26. The zero-order valence-corrected chi connectivity index (χ0v) is 14.1. The third-order valence-electron chi connectivity index (χ3n) is 3.19. The van der Waals surface area contributed by atoms with Crippen molar-refractivity contribution < 1.29 is 4.79 Å². The molecule has 0 aromatic heterocycles. The van der Waals surface area contributed by atoms with Gasteiger partial charge in [0, 0.05) is 16.5 Å². The van der Waals surface area contributed by atoms with E-state index in [2.05, 4.69) is 26.1 Å². The van der Waals surface area contributed by atoms with Crippen molar-refractivity contribution in [1.82, 2.24) is 5.32 Å². The van der Waals surface area contributed by atoms with Crippen LogP contribution in [0.15, 0.2) is 24.3 Å². The normalized spacial score (nSPS) is 13.9. The van der Waals surface area contributed by atoms with Crippen molar-refractivity contribution in [1.29, 1.82) is 0 Å². The lowest BCUT2D eigenvalue weighted by Gasteiger charge is -2.33. The first-order valence-corrected chi connectivity index (χ1v) is 7.43. The molecule has 2 nitrogen and oxygen atoms in total. The van der Waals surface area contributed by atoms with Gasteiger partial charge in [-0.15, -0.1) is 0 Å². The molecule has 0 unspecified atom stereocenters. The molecule has 1 aromatic carbocycles. The first-order valence-electron chi connectivity index (χ1n) is 7.05. The van der Waals surface area contributed by atoms with E-state index in [0.717, 1.165) is 5.56 Å². The topological polar surface area (TPSA) is 29.1 Å². The minimum atomic E-state index is -0.213. The zero-order chi connectivity index (χ0) is 15.6. The molecular weight excluding hydrogens is 270 g/mol. The molecule has 1 aromatic rings. The molecule has 20 heavy (non-hydrogen) atoms. The van der Waals surface area contributed by atoms with E-state index in [1.807, 2.05) is 45.0 Å². The first-order chi connectivity index (χ1) is 8.99. The molecule has 3 heteroatoms. The van der Waals surface area contributed by atoms with Crippen molar-refractivity contribution in [2.24, 2.45) is 11.3 Å². The molecule has 0 saturated heterocycles. The van der Waals surface area contributed by atoms with E-state index in [-0.39, 0.29) is 22.8 Å². The van der Waals surface area contributed by atoms with E-state index in [1.54, 1.807) is 0 Å². The molecule has 1 amide bonds. The van der Waals surface area contributed by atoms with Crippen LogP contribution in [0.1, 0.15) is 47.1 Å². The van der Waals surface area contributed by atoms with Crippen molar-refractivity contribution in [3.63, 3.8) is 0 Å². The number of rotatable bonds is 3. The first kappa shape index (κ1) is 17.0. The van der Waals surface area contributed by atoms with Crippen LogP contribution in [0.3, 0.4) is 0 Å². The lowest BCUT2D eigenvalue weighted by molar-refractivity contribution is -0.129. The summed E-state index contributed by atoms with van der Waals surface area (Å²) in [5.41, 5.74) is 0.786. The van der Waals surface area contributed by atoms with Crippen LogP contribution < -0.4 is 5.32 Å². The number of amides is 1. The zero-order valence-electron chi connectivity index (χ0n) is 13.4. The van der Waals surface area contributed by atoms with Crippen molar-refractivity contribution >= 4 is 17.5 Å². The van der Waals surface area contributed by atoms with Crippen LogP contribution in [0.2, 0.25) is 5.02 Å². The molecule has 0 bridgehead atoms. The van der Waals surface area contributed by atoms with Gasteiger partial charge in [-0.1, -0.05) is 44.5 Å². The van der Waals surface area contributed by atoms with Crippen molar-refractivity contribution in [2.75, 3.05) is 0 Å². The summed E-state index contributed by atoms with van der Waals surface area (Å²) in [6.45, 7) is 12.3. The highest BCUT2D eigenvalue weighted by Gasteiger charge is 2.33. The van der Waals surface area contributed by atoms with Crippen LogP contribution in [-0.2, 0) is 11.2 Å². The highest BCUT2D eigenvalue weighted by atomic mass is 35.5. The fourth-order valence-corrected chi connectivity index (χ4v) is 2.36. The van der Waals surface area contributed by atoms with Gasteiger partial charge in [-0.2, -0.15) is 0 Å². The molecule has 0 aliphatic carbocycles. The van der Waals surface area contributed by atoms with Gasteiger partial charge in [-0.25, -0.2) is 0 Å². The van der Waals surface area contributed by atoms with Crippen molar-refractivity contribution in [3.05, 3.63) is 34.9 Å². The molecular formula is C17H26ClNO. The van der Waals surface area contributed by atoms with E-state index in [1.165, 1.54) is 0 Å². The van der Waals surface area contributed by atoms with Crippen LogP contribution in [0, 0.1) is 11.3 Å². The van der Waals surface area contributed by atoms with E-state index >= 15 is 0 Å². The Morgan fingerprint density at radius 3 is 2.25 bits per heavy atom. The summed E-state index contributed by atoms with van der Waals surface area (Å²) in [5, 5.41) is 3.80. The predicted octanol–water partition coefficient (Wildman–Crippen LogP) is 4.46. The Labute approximate surface area is 127 Å². The fourth-order valence-electron chi connectivity index (χ4n) is 2.15. The molecule has 1 rings (SSSR count). The Balaban J connectivity index is 2.94. The van der Waals surface area contributed by atoms with Gasteiger partial charge in [0.05, 0.1) is 0 Å². The third kappa shape index (κ3) is 5.54. The van der Waals surface area contributed by atoms with E-state index in [0.29, 0.717) is 11.4 Å². The fraction of sp³-hybridized carbons (Fsp3) is 0.588. The lowest BCUT2D eigenvalue weighted by Crippen LogP contribution is -2.47. The van der Waals surface area contributed by atoms with Gasteiger partial charge < -0.3 is 5.32 Å². The van der Waals surface area contributed by atoms with Gasteiger partial charge in [0.25, 0.3) is 0 Å². The van der Waals surface area contributed by atoms with Gasteiger partial charge in [-0.05, 0) is 50.3 Å². The smallest absolute Gasteiger partial charge is 0.224 e. The van der Waals surface area contributed by atoms with Gasteiger partial charge in [0.2, 0.25) is 5.91 Å². The van der Waals surface area contributed by atoms with Crippen LogP contribution in [-0.4, -0.2) is 11.4 Å². The molecule has 0 spiro atoms. The number of carbonyl (C=O) groups excluding carboxylic acids is 1. The summed E-state index contributed by atoms with van der Waals surface area (Å²) >= 11 is 6.03. The maximum Gasteiger partial charge on any atom is 0.224 e. The van der Waals surface area contributed by atoms with E-state index < -0.39 is 0 Å². The summed E-state index contributed by atoms with van der Waals surface area (Å²) in [6.07, 6.45) is 0.700. The number of halogens is 1. The molecule has 0 radical (unpaired) electrons. The largest absolute Gasteiger partial charge is 0.351 e. The number of nitrogens with one attached hydrogen (secondary N) is 1. The highest BCUT2D eigenvalue weighted by Crippen LogP contribution is 2.30. The highest BCUT2D eigenvalue weighted by molar-refractivity contribution is 6.30. The third-order valence-corrected chi connectivity index (χ3v) is 3.42. The number of carbonyl (C=O) groups is 1. The van der Waals surface area contributed by atoms with Crippen molar-refractivity contribution in [2.45, 2.75) is 53.5 Å². The summed E-state index contributed by atoms with van der Waals surface area (Å²) in [7, 11) is 0. The minimum absolute atomic E-state index is 0.0832. The Bertz CT molecular complexity index is 469. The lowest BCUT2D eigenvalue weighted by atomic mass is 9.76. The van der Waals surface area contributed by atoms with Crippen LogP contribution in [0.25, 0.3) is 0 Å². The summed E-state index contributed by atoms with van der Waals surface area (Å²) in [5.74, 6) is 0.0187. The second-order valence-electron chi connectivity index (χ2n) is 7.49. The van der Waals surface area contributed by atoms with E-state index in [4.69, 9.17) is 11.6 Å². The molecule has 0 fully saturated rings. The van der Waals surface area contributed by atoms with E-state index in [9.17, 15) is 4.79 Å². The number of hydrogen-bond donors (Lipinski definition) is 1. The molecule has 0 aliphatic rings. The monoisotopic (exact) mass is 295 g/mol. The molecule has 1 atom stereocenters. The Morgan fingerprint density at radius 2 is 1.80 bits per heavy atom. The second-order valence-corrected chi connectivity index (χ2v) is 7.93. The molecule has 0 aliphatic heterocycles. The maximum absolute atomic E-state index is 12.6. The van der Waals surface area contributed by atoms with Crippen LogP contribution >= 0.6 is 11.6 Å². The van der Waals surface area contributed by atoms with Crippen molar-refractivity contribution in [3.8, 4) is 0 Å². The molecule has 0 saturated carbocycles.